The van der Waals surface area contributed by atoms with Gasteiger partial charge in [0.15, 0.2) is 5.82 Å². The van der Waals surface area contributed by atoms with Crippen molar-refractivity contribution < 1.29 is 14.6 Å². The Kier molecular flexibility index (Phi) is 7.51. The van der Waals surface area contributed by atoms with E-state index < -0.39 is 23.3 Å². The summed E-state index contributed by atoms with van der Waals surface area (Å²) in [5.74, 6) is -0.459. The zero-order valence-corrected chi connectivity index (χ0v) is 18.2. The molecule has 0 saturated heterocycles. The van der Waals surface area contributed by atoms with Gasteiger partial charge in [0.1, 0.15) is 11.7 Å². The SMILES string of the molecule is COCCNC(=O)c1cn(Cc2nnn(C[C@H](O)c3ccc(Cl)cc3)n2)c(=O)n(C)c1=O. The lowest BCUT2D eigenvalue weighted by Gasteiger charge is -2.10. The molecule has 1 aromatic carbocycles. The van der Waals surface area contributed by atoms with Crippen LogP contribution >= 0.6 is 11.6 Å². The van der Waals surface area contributed by atoms with Crippen molar-refractivity contribution >= 4 is 17.5 Å². The second-order valence-corrected chi connectivity index (χ2v) is 7.33. The molecule has 0 fully saturated rings. The molecular weight excluding hydrogens is 442 g/mol. The van der Waals surface area contributed by atoms with Gasteiger partial charge in [-0.2, -0.15) is 4.80 Å². The molecule has 0 aliphatic rings. The van der Waals surface area contributed by atoms with Crippen molar-refractivity contribution in [3.05, 3.63) is 73.3 Å². The Morgan fingerprint density at radius 1 is 1.28 bits per heavy atom. The lowest BCUT2D eigenvalue weighted by atomic mass is 10.1. The molecule has 0 radical (unpaired) electrons. The van der Waals surface area contributed by atoms with E-state index in [1.807, 2.05) is 0 Å². The van der Waals surface area contributed by atoms with Gasteiger partial charge in [-0.05, 0) is 22.9 Å². The minimum atomic E-state index is -0.892. The van der Waals surface area contributed by atoms with E-state index in [0.29, 0.717) is 10.6 Å². The monoisotopic (exact) mass is 463 g/mol. The number of rotatable bonds is 9. The van der Waals surface area contributed by atoms with E-state index in [4.69, 9.17) is 16.3 Å². The van der Waals surface area contributed by atoms with Gasteiger partial charge < -0.3 is 15.2 Å². The van der Waals surface area contributed by atoms with Gasteiger partial charge in [0.05, 0.1) is 19.7 Å². The average Bonchev–Trinajstić information content (AvgIpc) is 3.21. The first-order chi connectivity index (χ1) is 15.3. The fourth-order valence-corrected chi connectivity index (χ4v) is 3.00. The van der Waals surface area contributed by atoms with Crippen LogP contribution in [-0.2, 0) is 24.9 Å². The van der Waals surface area contributed by atoms with Crippen LogP contribution in [0.15, 0.2) is 40.1 Å². The fraction of sp³-hybridized carbons (Fsp3) is 0.368. The normalized spacial score (nSPS) is 12.0. The van der Waals surface area contributed by atoms with E-state index in [2.05, 4.69) is 20.7 Å². The van der Waals surface area contributed by atoms with Crippen molar-refractivity contribution in [2.45, 2.75) is 19.2 Å². The summed E-state index contributed by atoms with van der Waals surface area (Å²) in [6.07, 6.45) is 0.271. The molecule has 170 valence electrons. The molecule has 0 spiro atoms. The number of nitrogens with one attached hydrogen (secondary N) is 1. The van der Waals surface area contributed by atoms with E-state index in [0.717, 1.165) is 15.3 Å². The number of aliphatic hydroxyl groups excluding tert-OH is 1. The zero-order chi connectivity index (χ0) is 23.3. The van der Waals surface area contributed by atoms with Crippen LogP contribution in [0.2, 0.25) is 5.02 Å². The molecule has 0 bridgehead atoms. The molecule has 1 amide bonds. The van der Waals surface area contributed by atoms with E-state index in [1.165, 1.54) is 19.0 Å². The molecule has 1 atom stereocenters. The Labute approximate surface area is 187 Å². The van der Waals surface area contributed by atoms with Crippen LogP contribution in [0.4, 0.5) is 0 Å². The van der Waals surface area contributed by atoms with Crippen molar-refractivity contribution in [3.63, 3.8) is 0 Å². The Balaban J connectivity index is 1.76. The topological polar surface area (TPSA) is 146 Å². The van der Waals surface area contributed by atoms with Gasteiger partial charge in [-0.1, -0.05) is 23.7 Å². The molecule has 12 nitrogen and oxygen atoms in total. The molecule has 0 aliphatic heterocycles. The molecule has 0 unspecified atom stereocenters. The Hall–Kier alpha value is -3.35. The third kappa shape index (κ3) is 5.46. The van der Waals surface area contributed by atoms with Crippen molar-refractivity contribution in [1.29, 1.82) is 0 Å². The molecule has 13 heteroatoms. The maximum atomic E-state index is 12.5. The maximum Gasteiger partial charge on any atom is 0.331 e. The first kappa shape index (κ1) is 23.3. The number of benzene rings is 1. The van der Waals surface area contributed by atoms with Gasteiger partial charge in [-0.3, -0.25) is 18.7 Å². The third-order valence-corrected chi connectivity index (χ3v) is 4.84. The lowest BCUT2D eigenvalue weighted by molar-refractivity contribution is 0.0933. The summed E-state index contributed by atoms with van der Waals surface area (Å²) in [5, 5.41) is 25.4. The highest BCUT2D eigenvalue weighted by atomic mass is 35.5. The molecule has 3 aromatic rings. The minimum absolute atomic E-state index is 0.0317. The predicted molar refractivity (Wildman–Crippen MR) is 113 cm³/mol. The molecule has 2 N–H and O–H groups in total. The van der Waals surface area contributed by atoms with Gasteiger partial charge in [0.2, 0.25) is 0 Å². The number of hydrogen-bond donors (Lipinski definition) is 2. The highest BCUT2D eigenvalue weighted by molar-refractivity contribution is 6.30. The highest BCUT2D eigenvalue weighted by Gasteiger charge is 2.17. The van der Waals surface area contributed by atoms with Crippen LogP contribution < -0.4 is 16.6 Å². The number of tetrazole rings is 1. The number of amides is 1. The first-order valence-electron chi connectivity index (χ1n) is 9.58. The number of aliphatic hydroxyl groups is 1. The quantitative estimate of drug-likeness (QED) is 0.398. The number of nitrogens with zero attached hydrogens (tertiary/aromatic N) is 6. The van der Waals surface area contributed by atoms with Crippen LogP contribution in [0.25, 0.3) is 0 Å². The molecule has 0 aliphatic carbocycles. The summed E-state index contributed by atoms with van der Waals surface area (Å²) in [5.41, 5.74) is -0.926. The average molecular weight is 464 g/mol. The lowest BCUT2D eigenvalue weighted by Crippen LogP contribution is -2.43. The molecular formula is C19H22ClN7O5. The minimum Gasteiger partial charge on any atom is -0.386 e. The van der Waals surface area contributed by atoms with Crippen LogP contribution in [0, 0.1) is 0 Å². The Bertz CT molecular complexity index is 1200. The van der Waals surface area contributed by atoms with Gasteiger partial charge in [-0.15, -0.1) is 10.2 Å². The zero-order valence-electron chi connectivity index (χ0n) is 17.4. The summed E-state index contributed by atoms with van der Waals surface area (Å²) >= 11 is 5.85. The Morgan fingerprint density at radius 3 is 2.69 bits per heavy atom. The third-order valence-electron chi connectivity index (χ3n) is 4.59. The van der Waals surface area contributed by atoms with Crippen LogP contribution in [0.3, 0.4) is 0 Å². The molecule has 2 aromatic heterocycles. The van der Waals surface area contributed by atoms with Crippen molar-refractivity contribution in [3.8, 4) is 0 Å². The number of hydrogen-bond acceptors (Lipinski definition) is 8. The Morgan fingerprint density at radius 2 is 2.00 bits per heavy atom. The van der Waals surface area contributed by atoms with E-state index >= 15 is 0 Å². The summed E-state index contributed by atoms with van der Waals surface area (Å²) < 4.78 is 6.84. The van der Waals surface area contributed by atoms with Gasteiger partial charge in [-0.25, -0.2) is 4.79 Å². The number of carbonyl (C=O) groups is 1. The standard InChI is InChI=1S/C19H22ClN7O5/c1-25-18(30)14(17(29)21-7-8-32-2)9-26(19(25)31)11-16-22-24-27(23-16)10-15(28)12-3-5-13(20)6-4-12/h3-6,9,15,28H,7-8,10-11H2,1-2H3,(H,21,29)/t15-/m0/s1. The number of carbonyl (C=O) groups excluding carboxylic acids is 1. The van der Waals surface area contributed by atoms with Crippen LogP contribution in [-0.4, -0.2) is 60.6 Å². The fourth-order valence-electron chi connectivity index (χ4n) is 2.87. The number of ether oxygens (including phenoxy) is 1. The van der Waals surface area contributed by atoms with Gasteiger partial charge >= 0.3 is 5.69 Å². The predicted octanol–water partition coefficient (Wildman–Crippen LogP) is -0.655. The van der Waals surface area contributed by atoms with Crippen LogP contribution in [0.5, 0.6) is 0 Å². The summed E-state index contributed by atoms with van der Waals surface area (Å²) in [4.78, 5) is 38.3. The summed E-state index contributed by atoms with van der Waals surface area (Å²) in [7, 11) is 2.76. The molecule has 32 heavy (non-hydrogen) atoms. The number of aromatic nitrogens is 6. The van der Waals surface area contributed by atoms with E-state index in [-0.39, 0.29) is 37.6 Å². The molecule has 3 rings (SSSR count). The second-order valence-electron chi connectivity index (χ2n) is 6.89. The molecule has 2 heterocycles. The van der Waals surface area contributed by atoms with Gasteiger partial charge in [0, 0.05) is 31.9 Å². The largest absolute Gasteiger partial charge is 0.386 e. The van der Waals surface area contributed by atoms with Gasteiger partial charge in [0.25, 0.3) is 11.5 Å². The van der Waals surface area contributed by atoms with Crippen molar-refractivity contribution in [1.82, 2.24) is 34.7 Å². The highest BCUT2D eigenvalue weighted by Crippen LogP contribution is 2.17. The number of halogens is 1. The second kappa shape index (κ2) is 10.3. The first-order valence-corrected chi connectivity index (χ1v) is 9.95. The van der Waals surface area contributed by atoms with Crippen molar-refractivity contribution in [2.75, 3.05) is 20.3 Å². The summed E-state index contributed by atoms with van der Waals surface area (Å²) in [6.45, 7) is 0.399. The maximum absolute atomic E-state index is 12.5. The number of methoxy groups -OCH3 is 1. The van der Waals surface area contributed by atoms with E-state index in [9.17, 15) is 19.5 Å². The summed E-state index contributed by atoms with van der Waals surface area (Å²) in [6, 6.07) is 6.70. The van der Waals surface area contributed by atoms with Crippen molar-refractivity contribution in [2.24, 2.45) is 7.05 Å². The van der Waals surface area contributed by atoms with E-state index in [1.54, 1.807) is 24.3 Å². The van der Waals surface area contributed by atoms with Crippen LogP contribution in [0.1, 0.15) is 27.8 Å². The smallest absolute Gasteiger partial charge is 0.331 e. The molecule has 0 saturated carbocycles.